The number of halogens is 4. The van der Waals surface area contributed by atoms with Crippen LogP contribution in [0.15, 0.2) is 24.3 Å². The minimum atomic E-state index is -1.55. The number of benzene rings is 1. The summed E-state index contributed by atoms with van der Waals surface area (Å²) in [5.74, 6) is -0.399. The monoisotopic (exact) mass is 284 g/mol. The van der Waals surface area contributed by atoms with Crippen molar-refractivity contribution >= 4 is 52.7 Å². The summed E-state index contributed by atoms with van der Waals surface area (Å²) in [4.78, 5) is 10.7. The van der Waals surface area contributed by atoms with Crippen LogP contribution in [-0.4, -0.2) is 16.5 Å². The molecule has 82 valence electrons. The molecule has 0 aliphatic heterocycles. The maximum absolute atomic E-state index is 10.7. The van der Waals surface area contributed by atoms with Crippen LogP contribution >= 0.6 is 46.4 Å². The minimum absolute atomic E-state index is 0.121. The van der Waals surface area contributed by atoms with Crippen molar-refractivity contribution in [3.63, 3.8) is 0 Å². The molecule has 0 fully saturated rings. The number of carbonyl (C=O) groups is 1. The van der Waals surface area contributed by atoms with E-state index in [0.29, 0.717) is 16.9 Å². The number of aldehydes is 1. The third-order valence-corrected chi connectivity index (χ3v) is 3.41. The van der Waals surface area contributed by atoms with Crippen LogP contribution in [0.3, 0.4) is 0 Å². The summed E-state index contributed by atoms with van der Waals surface area (Å²) < 4.78 is -1.55. The van der Waals surface area contributed by atoms with E-state index in [4.69, 9.17) is 46.4 Å². The van der Waals surface area contributed by atoms with Gasteiger partial charge in [-0.05, 0) is 11.6 Å². The molecule has 0 amide bonds. The summed E-state index contributed by atoms with van der Waals surface area (Å²) in [7, 11) is 0. The first-order chi connectivity index (χ1) is 7.03. The largest absolute Gasteiger partial charge is 0.300 e. The van der Waals surface area contributed by atoms with E-state index in [1.807, 2.05) is 0 Å². The lowest BCUT2D eigenvalue weighted by atomic mass is 9.97. The Hall–Kier alpha value is 0.0500. The van der Waals surface area contributed by atoms with Crippen LogP contribution in [0.2, 0.25) is 5.02 Å². The SMILES string of the molecule is O=CC(Cl)(Cl)C(CCl)c1ccccc1Cl. The fraction of sp³-hybridized carbons (Fsp3) is 0.300. The molecule has 1 aromatic carbocycles. The molecule has 0 aliphatic rings. The van der Waals surface area contributed by atoms with Crippen LogP contribution in [0.5, 0.6) is 0 Å². The molecule has 1 atom stereocenters. The topological polar surface area (TPSA) is 17.1 Å². The summed E-state index contributed by atoms with van der Waals surface area (Å²) >= 11 is 23.4. The molecule has 0 aromatic heterocycles. The molecule has 1 nitrogen and oxygen atoms in total. The highest BCUT2D eigenvalue weighted by Crippen LogP contribution is 2.39. The van der Waals surface area contributed by atoms with Gasteiger partial charge in [0.2, 0.25) is 0 Å². The first kappa shape index (κ1) is 13.1. The molecular formula is C10H8Cl4O. The van der Waals surface area contributed by atoms with E-state index in [9.17, 15) is 4.79 Å². The highest BCUT2D eigenvalue weighted by molar-refractivity contribution is 6.56. The van der Waals surface area contributed by atoms with E-state index in [1.165, 1.54) is 0 Å². The van der Waals surface area contributed by atoms with Crippen LogP contribution in [0.1, 0.15) is 11.5 Å². The Balaban J connectivity index is 3.13. The number of hydrogen-bond acceptors (Lipinski definition) is 1. The van der Waals surface area contributed by atoms with E-state index in [2.05, 4.69) is 0 Å². The number of alkyl halides is 3. The fourth-order valence-electron chi connectivity index (χ4n) is 1.23. The molecule has 0 saturated heterocycles. The molecule has 0 aliphatic carbocycles. The fourth-order valence-corrected chi connectivity index (χ4v) is 2.46. The predicted molar refractivity (Wildman–Crippen MR) is 65.4 cm³/mol. The molecular weight excluding hydrogens is 278 g/mol. The number of rotatable bonds is 4. The maximum Gasteiger partial charge on any atom is 0.180 e. The standard InChI is InChI=1S/C10H8Cl4O/c11-5-8(10(13,14)6-15)7-3-1-2-4-9(7)12/h1-4,6,8H,5H2. The van der Waals surface area contributed by atoms with Crippen molar-refractivity contribution in [3.8, 4) is 0 Å². The zero-order valence-electron chi connectivity index (χ0n) is 7.59. The second kappa shape index (κ2) is 5.40. The number of hydrogen-bond donors (Lipinski definition) is 0. The lowest BCUT2D eigenvalue weighted by Gasteiger charge is -2.24. The lowest BCUT2D eigenvalue weighted by Crippen LogP contribution is -2.27. The summed E-state index contributed by atoms with van der Waals surface area (Å²) in [6.07, 6.45) is 0.465. The Bertz CT molecular complexity index is 351. The first-order valence-corrected chi connectivity index (χ1v) is 5.84. The quantitative estimate of drug-likeness (QED) is 0.603. The lowest BCUT2D eigenvalue weighted by molar-refractivity contribution is -0.108. The molecule has 0 spiro atoms. The molecule has 1 unspecified atom stereocenters. The zero-order valence-corrected chi connectivity index (χ0v) is 10.6. The van der Waals surface area contributed by atoms with Gasteiger partial charge in [-0.2, -0.15) is 0 Å². The molecule has 0 saturated carbocycles. The Morgan fingerprint density at radius 3 is 2.40 bits per heavy atom. The molecule has 1 aromatic rings. The zero-order chi connectivity index (χ0) is 11.5. The van der Waals surface area contributed by atoms with Crippen LogP contribution in [-0.2, 0) is 4.79 Å². The van der Waals surface area contributed by atoms with E-state index in [1.54, 1.807) is 24.3 Å². The summed E-state index contributed by atoms with van der Waals surface area (Å²) in [5, 5.41) is 0.496. The molecule has 1 rings (SSSR count). The summed E-state index contributed by atoms with van der Waals surface area (Å²) in [6.45, 7) is 0. The van der Waals surface area contributed by atoms with E-state index >= 15 is 0 Å². The van der Waals surface area contributed by atoms with Gasteiger partial charge in [0.25, 0.3) is 0 Å². The molecule has 0 radical (unpaired) electrons. The first-order valence-electron chi connectivity index (χ1n) is 4.17. The maximum atomic E-state index is 10.7. The van der Waals surface area contributed by atoms with E-state index in [0.717, 1.165) is 0 Å². The van der Waals surface area contributed by atoms with Crippen molar-refractivity contribution in [3.05, 3.63) is 34.9 Å². The normalized spacial score (nSPS) is 13.6. The van der Waals surface area contributed by atoms with Crippen LogP contribution in [0, 0.1) is 0 Å². The van der Waals surface area contributed by atoms with Gasteiger partial charge >= 0.3 is 0 Å². The van der Waals surface area contributed by atoms with Crippen LogP contribution < -0.4 is 0 Å². The van der Waals surface area contributed by atoms with Crippen molar-refractivity contribution in [2.75, 3.05) is 5.88 Å². The Morgan fingerprint density at radius 2 is 1.93 bits per heavy atom. The summed E-state index contributed by atoms with van der Waals surface area (Å²) in [6, 6.07) is 7.01. The molecule has 15 heavy (non-hydrogen) atoms. The van der Waals surface area contributed by atoms with Gasteiger partial charge in [-0.25, -0.2) is 0 Å². The van der Waals surface area contributed by atoms with E-state index in [-0.39, 0.29) is 5.88 Å². The van der Waals surface area contributed by atoms with Crippen molar-refractivity contribution in [1.82, 2.24) is 0 Å². The Morgan fingerprint density at radius 1 is 1.33 bits per heavy atom. The van der Waals surface area contributed by atoms with Gasteiger partial charge in [0.1, 0.15) is 0 Å². The third kappa shape index (κ3) is 3.01. The van der Waals surface area contributed by atoms with Crippen molar-refractivity contribution in [2.45, 2.75) is 10.3 Å². The van der Waals surface area contributed by atoms with Crippen molar-refractivity contribution < 1.29 is 4.79 Å². The van der Waals surface area contributed by atoms with Crippen molar-refractivity contribution in [2.24, 2.45) is 0 Å². The predicted octanol–water partition coefficient (Wildman–Crippen LogP) is 4.04. The van der Waals surface area contributed by atoms with Gasteiger partial charge in [0, 0.05) is 16.8 Å². The second-order valence-corrected chi connectivity index (χ2v) is 5.18. The Kier molecular flexibility index (Phi) is 4.72. The van der Waals surface area contributed by atoms with Gasteiger partial charge in [0.05, 0.1) is 0 Å². The smallest absolute Gasteiger partial charge is 0.180 e. The molecule has 0 heterocycles. The van der Waals surface area contributed by atoms with Crippen LogP contribution in [0.4, 0.5) is 0 Å². The van der Waals surface area contributed by atoms with E-state index < -0.39 is 10.3 Å². The minimum Gasteiger partial charge on any atom is -0.300 e. The molecule has 0 N–H and O–H groups in total. The second-order valence-electron chi connectivity index (χ2n) is 3.02. The van der Waals surface area contributed by atoms with Gasteiger partial charge in [-0.3, -0.25) is 4.79 Å². The van der Waals surface area contributed by atoms with Crippen molar-refractivity contribution in [1.29, 1.82) is 0 Å². The van der Waals surface area contributed by atoms with Gasteiger partial charge in [0.15, 0.2) is 10.6 Å². The average Bonchev–Trinajstić information content (AvgIpc) is 2.21. The third-order valence-electron chi connectivity index (χ3n) is 2.06. The highest BCUT2D eigenvalue weighted by Gasteiger charge is 2.36. The van der Waals surface area contributed by atoms with Gasteiger partial charge < -0.3 is 0 Å². The van der Waals surface area contributed by atoms with Crippen LogP contribution in [0.25, 0.3) is 0 Å². The average molecular weight is 286 g/mol. The van der Waals surface area contributed by atoms with Gasteiger partial charge in [-0.1, -0.05) is 53.0 Å². The molecule has 5 heteroatoms. The van der Waals surface area contributed by atoms with Gasteiger partial charge in [-0.15, -0.1) is 11.6 Å². The number of carbonyl (C=O) groups excluding carboxylic acids is 1. The highest BCUT2D eigenvalue weighted by atomic mass is 35.5. The molecule has 0 bridgehead atoms. The summed E-state index contributed by atoms with van der Waals surface area (Å²) in [5.41, 5.74) is 0.672. The Labute approximate surface area is 108 Å².